The molecule has 3 aromatic rings. The lowest BCUT2D eigenvalue weighted by molar-refractivity contribution is 0.0595. The number of fused-ring (bicyclic) bond motifs is 5. The molecule has 0 radical (unpaired) electrons. The van der Waals surface area contributed by atoms with E-state index in [2.05, 4.69) is 23.9 Å². The highest BCUT2D eigenvalue weighted by Gasteiger charge is 2.30. The molecule has 2 atom stereocenters. The van der Waals surface area contributed by atoms with Crippen molar-refractivity contribution < 1.29 is 4.79 Å². The first-order valence-electron chi connectivity index (χ1n) is 10.1. The summed E-state index contributed by atoms with van der Waals surface area (Å²) in [6, 6.07) is 0.311. The Morgan fingerprint density at radius 3 is 3.07 bits per heavy atom. The average Bonchev–Trinajstić information content (AvgIpc) is 3.28. The van der Waals surface area contributed by atoms with Crippen LogP contribution in [0.3, 0.4) is 0 Å². The summed E-state index contributed by atoms with van der Waals surface area (Å²) in [5.41, 5.74) is 2.17. The van der Waals surface area contributed by atoms with Crippen LogP contribution in [0.1, 0.15) is 67.0 Å². The minimum absolute atomic E-state index is 0.0316. The van der Waals surface area contributed by atoms with E-state index < -0.39 is 0 Å². The summed E-state index contributed by atoms with van der Waals surface area (Å²) >= 11 is 1.78. The fraction of sp³-hybridized carbons (Fsp3) is 0.600. The molecule has 0 unspecified atom stereocenters. The van der Waals surface area contributed by atoms with Gasteiger partial charge in [0.15, 0.2) is 5.65 Å². The SMILES string of the molecule is CC[C@H]1CCCCN1C(=O)c1nc2c3c4c(sc3ncn2n1)CC[C@H](C)C4. The predicted octanol–water partition coefficient (Wildman–Crippen LogP) is 3.87. The number of rotatable bonds is 2. The Morgan fingerprint density at radius 2 is 2.22 bits per heavy atom. The minimum Gasteiger partial charge on any atom is -0.333 e. The molecule has 0 bridgehead atoms. The highest BCUT2D eigenvalue weighted by atomic mass is 32.1. The molecule has 0 saturated carbocycles. The maximum atomic E-state index is 13.1. The Balaban J connectivity index is 1.60. The second-order valence-electron chi connectivity index (χ2n) is 8.04. The van der Waals surface area contributed by atoms with Crippen molar-refractivity contribution in [2.24, 2.45) is 5.92 Å². The van der Waals surface area contributed by atoms with Crippen molar-refractivity contribution in [3.63, 3.8) is 0 Å². The lowest BCUT2D eigenvalue weighted by Crippen LogP contribution is -2.43. The molecular weight excluding hydrogens is 358 g/mol. The molecule has 6 nitrogen and oxygen atoms in total. The van der Waals surface area contributed by atoms with Crippen LogP contribution in [0.2, 0.25) is 0 Å². The Morgan fingerprint density at radius 1 is 1.33 bits per heavy atom. The third kappa shape index (κ3) is 2.74. The number of likely N-dealkylation sites (tertiary alicyclic amines) is 1. The average molecular weight is 384 g/mol. The highest BCUT2D eigenvalue weighted by molar-refractivity contribution is 7.19. The Hall–Kier alpha value is -2.02. The zero-order chi connectivity index (χ0) is 18.5. The summed E-state index contributed by atoms with van der Waals surface area (Å²) in [5, 5.41) is 5.62. The van der Waals surface area contributed by atoms with Gasteiger partial charge in [0.2, 0.25) is 5.82 Å². The van der Waals surface area contributed by atoms with Gasteiger partial charge in [-0.05, 0) is 56.4 Å². The fourth-order valence-electron chi connectivity index (χ4n) is 4.66. The number of carbonyl (C=O) groups excluding carboxylic acids is 1. The number of thiophene rings is 1. The van der Waals surface area contributed by atoms with Gasteiger partial charge in [0.25, 0.3) is 5.91 Å². The largest absolute Gasteiger partial charge is 0.333 e. The molecule has 1 aliphatic carbocycles. The number of hydrogen-bond acceptors (Lipinski definition) is 5. The van der Waals surface area contributed by atoms with Gasteiger partial charge < -0.3 is 4.90 Å². The lowest BCUT2D eigenvalue weighted by Gasteiger charge is -2.34. The third-order valence-electron chi connectivity index (χ3n) is 6.18. The van der Waals surface area contributed by atoms with E-state index in [-0.39, 0.29) is 5.91 Å². The maximum absolute atomic E-state index is 13.1. The maximum Gasteiger partial charge on any atom is 0.293 e. The topological polar surface area (TPSA) is 63.4 Å². The molecule has 1 aliphatic heterocycles. The molecule has 7 heteroatoms. The van der Waals surface area contributed by atoms with E-state index >= 15 is 0 Å². The van der Waals surface area contributed by atoms with Gasteiger partial charge in [-0.3, -0.25) is 4.79 Å². The third-order valence-corrected chi connectivity index (χ3v) is 7.38. The van der Waals surface area contributed by atoms with Crippen molar-refractivity contribution in [3.8, 4) is 0 Å². The molecule has 5 rings (SSSR count). The normalized spacial score (nSPS) is 23.1. The molecular formula is C20H25N5OS. The van der Waals surface area contributed by atoms with E-state index in [0.29, 0.717) is 17.8 Å². The second-order valence-corrected chi connectivity index (χ2v) is 9.12. The molecule has 27 heavy (non-hydrogen) atoms. The van der Waals surface area contributed by atoms with Crippen LogP contribution < -0.4 is 0 Å². The van der Waals surface area contributed by atoms with Crippen molar-refractivity contribution in [1.82, 2.24) is 24.5 Å². The smallest absolute Gasteiger partial charge is 0.293 e. The van der Waals surface area contributed by atoms with Crippen LogP contribution in [0, 0.1) is 5.92 Å². The Bertz CT molecular complexity index is 1020. The van der Waals surface area contributed by atoms with Gasteiger partial charge in [0.1, 0.15) is 11.2 Å². The summed E-state index contributed by atoms with van der Waals surface area (Å²) in [7, 11) is 0. The summed E-state index contributed by atoms with van der Waals surface area (Å²) < 4.78 is 1.70. The van der Waals surface area contributed by atoms with Gasteiger partial charge in [0, 0.05) is 17.5 Å². The van der Waals surface area contributed by atoms with Crippen molar-refractivity contribution in [3.05, 3.63) is 22.6 Å². The lowest BCUT2D eigenvalue weighted by atomic mass is 9.89. The monoisotopic (exact) mass is 383 g/mol. The van der Waals surface area contributed by atoms with E-state index in [9.17, 15) is 4.79 Å². The summed E-state index contributed by atoms with van der Waals surface area (Å²) in [5.74, 6) is 0.961. The van der Waals surface area contributed by atoms with E-state index in [1.807, 2.05) is 4.90 Å². The van der Waals surface area contributed by atoms with Crippen molar-refractivity contribution >= 4 is 33.1 Å². The van der Waals surface area contributed by atoms with Crippen LogP contribution in [-0.2, 0) is 12.8 Å². The number of carbonyl (C=O) groups is 1. The van der Waals surface area contributed by atoms with Crippen molar-refractivity contribution in [1.29, 1.82) is 0 Å². The predicted molar refractivity (Wildman–Crippen MR) is 106 cm³/mol. The van der Waals surface area contributed by atoms with Crippen LogP contribution in [0.5, 0.6) is 0 Å². The fourth-order valence-corrected chi connectivity index (χ4v) is 5.84. The van der Waals surface area contributed by atoms with Gasteiger partial charge in [-0.15, -0.1) is 16.4 Å². The van der Waals surface area contributed by atoms with E-state index in [1.54, 1.807) is 22.2 Å². The van der Waals surface area contributed by atoms with Crippen LogP contribution in [-0.4, -0.2) is 43.0 Å². The van der Waals surface area contributed by atoms with Gasteiger partial charge in [0.05, 0.1) is 5.39 Å². The van der Waals surface area contributed by atoms with E-state index in [1.165, 1.54) is 23.3 Å². The summed E-state index contributed by atoms with van der Waals surface area (Å²) in [6.45, 7) is 5.27. The van der Waals surface area contributed by atoms with Crippen molar-refractivity contribution in [2.75, 3.05) is 6.54 Å². The number of amides is 1. The molecule has 1 saturated heterocycles. The Labute approximate surface area is 162 Å². The molecule has 1 amide bonds. The summed E-state index contributed by atoms with van der Waals surface area (Å²) in [4.78, 5) is 26.9. The number of piperidine rings is 1. The number of aromatic nitrogens is 4. The Kier molecular flexibility index (Phi) is 4.15. The quantitative estimate of drug-likeness (QED) is 0.674. The van der Waals surface area contributed by atoms with Crippen molar-refractivity contribution in [2.45, 2.75) is 64.8 Å². The van der Waals surface area contributed by atoms with Crippen LogP contribution >= 0.6 is 11.3 Å². The molecule has 3 aromatic heterocycles. The first-order chi connectivity index (χ1) is 13.2. The van der Waals surface area contributed by atoms with E-state index in [0.717, 1.165) is 54.5 Å². The second kappa shape index (κ2) is 6.55. The van der Waals surface area contributed by atoms with Gasteiger partial charge in [-0.2, -0.15) is 0 Å². The number of aryl methyl sites for hydroxylation is 1. The molecule has 0 aromatic carbocycles. The van der Waals surface area contributed by atoms with Gasteiger partial charge in [-0.1, -0.05) is 13.8 Å². The number of hydrogen-bond donors (Lipinski definition) is 0. The van der Waals surface area contributed by atoms with Gasteiger partial charge >= 0.3 is 0 Å². The highest BCUT2D eigenvalue weighted by Crippen LogP contribution is 2.38. The molecule has 142 valence electrons. The molecule has 0 spiro atoms. The van der Waals surface area contributed by atoms with Crippen LogP contribution in [0.15, 0.2) is 6.33 Å². The van der Waals surface area contributed by atoms with Gasteiger partial charge in [-0.25, -0.2) is 14.5 Å². The van der Waals surface area contributed by atoms with Crippen LogP contribution in [0.4, 0.5) is 0 Å². The number of nitrogens with zero attached hydrogens (tertiary/aromatic N) is 5. The zero-order valence-corrected chi connectivity index (χ0v) is 16.8. The molecule has 1 fully saturated rings. The minimum atomic E-state index is -0.0316. The molecule has 4 heterocycles. The summed E-state index contributed by atoms with van der Waals surface area (Å²) in [6.07, 6.45) is 9.47. The molecule has 2 aliphatic rings. The standard InChI is InChI=1S/C20H25N5OS/c1-3-13-6-4-5-9-24(13)20(26)17-22-18-16-14-10-12(2)7-8-15(14)27-19(16)21-11-25(18)23-17/h11-13H,3-10H2,1-2H3/t12-,13-/m0/s1. The first kappa shape index (κ1) is 17.1. The van der Waals surface area contributed by atoms with Crippen LogP contribution in [0.25, 0.3) is 15.9 Å². The van der Waals surface area contributed by atoms with E-state index in [4.69, 9.17) is 4.98 Å². The zero-order valence-electron chi connectivity index (χ0n) is 15.9. The first-order valence-corrected chi connectivity index (χ1v) is 10.9. The molecule has 0 N–H and O–H groups in total.